The fourth-order valence-electron chi connectivity index (χ4n) is 3.40. The molecule has 4 heteroatoms. The van der Waals surface area contributed by atoms with Gasteiger partial charge in [0.05, 0.1) is 5.56 Å². The third-order valence-electron chi connectivity index (χ3n) is 4.72. The highest BCUT2D eigenvalue weighted by Gasteiger charge is 2.19. The molecule has 3 rings (SSSR count). The van der Waals surface area contributed by atoms with Gasteiger partial charge in [0.15, 0.2) is 0 Å². The van der Waals surface area contributed by atoms with Crippen molar-refractivity contribution in [2.45, 2.75) is 46.1 Å². The second-order valence-electron chi connectivity index (χ2n) is 6.12. The van der Waals surface area contributed by atoms with Crippen molar-refractivity contribution in [3.8, 4) is 5.75 Å². The number of aryl methyl sites for hydroxylation is 1. The molecule has 2 heterocycles. The number of phenolic OH excluding ortho intramolecular Hbond substituents is 1. The second kappa shape index (κ2) is 6.13. The van der Waals surface area contributed by atoms with E-state index in [0.29, 0.717) is 18.5 Å². The number of phenols is 1. The molecule has 1 aromatic carbocycles. The minimum absolute atomic E-state index is 0.213. The Morgan fingerprint density at radius 3 is 2.59 bits per heavy atom. The number of rotatable bonds is 3. The third-order valence-corrected chi connectivity index (χ3v) is 4.72. The Bertz CT molecular complexity index is 742. The molecule has 118 valence electrons. The monoisotopic (exact) mass is 301 g/mol. The van der Waals surface area contributed by atoms with E-state index in [1.54, 1.807) is 6.07 Å². The lowest BCUT2D eigenvalue weighted by Gasteiger charge is -2.27. The molecule has 1 aromatic heterocycles. The molecule has 1 N–H and O–H groups in total. The fraction of sp³-hybridized carbons (Fsp3) is 0.500. The zero-order chi connectivity index (χ0) is 15.7. The molecule has 0 amide bonds. The predicted octanol–water partition coefficient (Wildman–Crippen LogP) is 3.36. The van der Waals surface area contributed by atoms with Crippen LogP contribution in [0.15, 0.2) is 21.3 Å². The molecule has 22 heavy (non-hydrogen) atoms. The molecule has 0 spiro atoms. The summed E-state index contributed by atoms with van der Waals surface area (Å²) in [7, 11) is 0. The summed E-state index contributed by atoms with van der Waals surface area (Å²) in [5.41, 5.74) is 2.70. The van der Waals surface area contributed by atoms with Crippen molar-refractivity contribution in [3.05, 3.63) is 39.2 Å². The molecule has 0 radical (unpaired) electrons. The maximum Gasteiger partial charge on any atom is 0.339 e. The van der Waals surface area contributed by atoms with E-state index >= 15 is 0 Å². The van der Waals surface area contributed by atoms with Crippen molar-refractivity contribution in [3.63, 3.8) is 0 Å². The quantitative estimate of drug-likeness (QED) is 0.883. The van der Waals surface area contributed by atoms with Gasteiger partial charge >= 0.3 is 5.63 Å². The zero-order valence-electron chi connectivity index (χ0n) is 13.3. The predicted molar refractivity (Wildman–Crippen MR) is 87.4 cm³/mol. The van der Waals surface area contributed by atoms with Crippen LogP contribution in [-0.4, -0.2) is 23.1 Å². The van der Waals surface area contributed by atoms with E-state index < -0.39 is 0 Å². The summed E-state index contributed by atoms with van der Waals surface area (Å²) in [6.07, 6.45) is 4.31. The lowest BCUT2D eigenvalue weighted by Crippen LogP contribution is -2.29. The van der Waals surface area contributed by atoms with E-state index in [-0.39, 0.29) is 11.4 Å². The Kier molecular flexibility index (Phi) is 4.21. The standard InChI is InChI=1S/C18H23NO3/c1-3-13-12(2)14-7-8-16(20)15(17(14)22-18(13)21)11-19-9-5-4-6-10-19/h7-8,20H,3-6,9-11H2,1-2H3. The Balaban J connectivity index is 2.12. The van der Waals surface area contributed by atoms with Crippen molar-refractivity contribution in [2.75, 3.05) is 13.1 Å². The van der Waals surface area contributed by atoms with Crippen molar-refractivity contribution in [2.24, 2.45) is 0 Å². The van der Waals surface area contributed by atoms with Gasteiger partial charge in [-0.25, -0.2) is 4.79 Å². The van der Waals surface area contributed by atoms with Crippen LogP contribution in [0.3, 0.4) is 0 Å². The largest absolute Gasteiger partial charge is 0.507 e. The number of piperidine rings is 1. The van der Waals surface area contributed by atoms with E-state index in [9.17, 15) is 9.90 Å². The number of hydrogen-bond acceptors (Lipinski definition) is 4. The van der Waals surface area contributed by atoms with Gasteiger partial charge in [0.25, 0.3) is 0 Å². The van der Waals surface area contributed by atoms with Crippen molar-refractivity contribution >= 4 is 11.0 Å². The first-order chi connectivity index (χ1) is 10.6. The molecule has 0 bridgehead atoms. The number of benzene rings is 1. The van der Waals surface area contributed by atoms with Gasteiger partial charge in [-0.05, 0) is 57.0 Å². The molecule has 2 aromatic rings. The summed E-state index contributed by atoms with van der Waals surface area (Å²) in [6.45, 7) is 6.62. The van der Waals surface area contributed by atoms with Gasteiger partial charge in [0.2, 0.25) is 0 Å². The highest BCUT2D eigenvalue weighted by molar-refractivity contribution is 5.85. The molecule has 1 saturated heterocycles. The van der Waals surface area contributed by atoms with Crippen LogP contribution in [0.4, 0.5) is 0 Å². The van der Waals surface area contributed by atoms with E-state index in [4.69, 9.17) is 4.42 Å². The van der Waals surface area contributed by atoms with E-state index in [1.165, 1.54) is 19.3 Å². The second-order valence-corrected chi connectivity index (χ2v) is 6.12. The summed E-state index contributed by atoms with van der Waals surface area (Å²) in [6, 6.07) is 3.57. The van der Waals surface area contributed by atoms with Crippen LogP contribution in [0.1, 0.15) is 42.9 Å². The van der Waals surface area contributed by atoms with Gasteiger partial charge in [-0.3, -0.25) is 4.90 Å². The molecule has 4 nitrogen and oxygen atoms in total. The van der Waals surface area contributed by atoms with E-state index in [1.807, 2.05) is 19.9 Å². The average Bonchev–Trinajstić information content (AvgIpc) is 2.52. The lowest BCUT2D eigenvalue weighted by molar-refractivity contribution is 0.218. The summed E-state index contributed by atoms with van der Waals surface area (Å²) in [5, 5.41) is 11.2. The van der Waals surface area contributed by atoms with Crippen LogP contribution in [0.2, 0.25) is 0 Å². The summed E-state index contributed by atoms with van der Waals surface area (Å²) in [5.74, 6) is 0.213. The first-order valence-corrected chi connectivity index (χ1v) is 8.11. The minimum atomic E-state index is -0.280. The summed E-state index contributed by atoms with van der Waals surface area (Å²) >= 11 is 0. The van der Waals surface area contributed by atoms with Crippen LogP contribution in [0, 0.1) is 6.92 Å². The fourth-order valence-corrected chi connectivity index (χ4v) is 3.40. The Morgan fingerprint density at radius 2 is 1.91 bits per heavy atom. The first-order valence-electron chi connectivity index (χ1n) is 8.11. The SMILES string of the molecule is CCc1c(C)c2ccc(O)c(CN3CCCCC3)c2oc1=O. The van der Waals surface area contributed by atoms with E-state index in [2.05, 4.69) is 4.90 Å². The normalized spacial score (nSPS) is 16.3. The van der Waals surface area contributed by atoms with Crippen LogP contribution in [0.25, 0.3) is 11.0 Å². The molecule has 1 fully saturated rings. The minimum Gasteiger partial charge on any atom is -0.507 e. The topological polar surface area (TPSA) is 53.7 Å². The smallest absolute Gasteiger partial charge is 0.339 e. The molecular formula is C18H23NO3. The van der Waals surface area contributed by atoms with Crippen LogP contribution in [-0.2, 0) is 13.0 Å². The van der Waals surface area contributed by atoms with Crippen LogP contribution >= 0.6 is 0 Å². The maximum atomic E-state index is 12.2. The van der Waals surface area contributed by atoms with Crippen molar-refractivity contribution in [1.82, 2.24) is 4.90 Å². The van der Waals surface area contributed by atoms with Gasteiger partial charge in [0.1, 0.15) is 11.3 Å². The number of likely N-dealkylation sites (tertiary alicyclic amines) is 1. The maximum absolute atomic E-state index is 12.2. The Hall–Kier alpha value is -1.81. The molecule has 0 unspecified atom stereocenters. The molecule has 1 aliphatic rings. The zero-order valence-corrected chi connectivity index (χ0v) is 13.3. The number of hydrogen-bond donors (Lipinski definition) is 1. The van der Waals surface area contributed by atoms with Gasteiger partial charge in [-0.1, -0.05) is 13.3 Å². The molecule has 0 atom stereocenters. The molecule has 0 aliphatic carbocycles. The molecular weight excluding hydrogens is 278 g/mol. The van der Waals surface area contributed by atoms with Gasteiger partial charge in [-0.2, -0.15) is 0 Å². The van der Waals surface area contributed by atoms with Crippen molar-refractivity contribution < 1.29 is 9.52 Å². The number of aromatic hydroxyl groups is 1. The van der Waals surface area contributed by atoms with E-state index in [0.717, 1.165) is 35.2 Å². The van der Waals surface area contributed by atoms with Crippen molar-refractivity contribution in [1.29, 1.82) is 0 Å². The Morgan fingerprint density at radius 1 is 1.18 bits per heavy atom. The first kappa shape index (κ1) is 15.1. The summed E-state index contributed by atoms with van der Waals surface area (Å²) in [4.78, 5) is 14.5. The van der Waals surface area contributed by atoms with Crippen LogP contribution in [0.5, 0.6) is 5.75 Å². The highest BCUT2D eigenvalue weighted by Crippen LogP contribution is 2.31. The average molecular weight is 301 g/mol. The number of nitrogens with zero attached hydrogens (tertiary/aromatic N) is 1. The van der Waals surface area contributed by atoms with Crippen LogP contribution < -0.4 is 5.63 Å². The molecule has 0 saturated carbocycles. The summed E-state index contributed by atoms with van der Waals surface area (Å²) < 4.78 is 5.58. The highest BCUT2D eigenvalue weighted by atomic mass is 16.4. The van der Waals surface area contributed by atoms with Gasteiger partial charge < -0.3 is 9.52 Å². The lowest BCUT2D eigenvalue weighted by atomic mass is 10.0. The van der Waals surface area contributed by atoms with Gasteiger partial charge in [-0.15, -0.1) is 0 Å². The molecule has 1 aliphatic heterocycles. The number of fused-ring (bicyclic) bond motifs is 1. The van der Waals surface area contributed by atoms with Gasteiger partial charge in [0, 0.05) is 17.5 Å². The third kappa shape index (κ3) is 2.63. The Labute approximate surface area is 130 Å².